The van der Waals surface area contributed by atoms with E-state index in [1.165, 1.54) is 0 Å². The molecule has 93 heavy (non-hydrogen) atoms. The van der Waals surface area contributed by atoms with Crippen LogP contribution in [0.2, 0.25) is 0 Å². The van der Waals surface area contributed by atoms with Crippen molar-refractivity contribution in [2.45, 2.75) is 332 Å². The second-order valence-corrected chi connectivity index (χ2v) is 29.0. The van der Waals surface area contributed by atoms with Gasteiger partial charge in [0.25, 0.3) is 0 Å². The van der Waals surface area contributed by atoms with Crippen LogP contribution < -0.4 is 0 Å². The van der Waals surface area contributed by atoms with Crippen LogP contribution in [0.25, 0.3) is 0 Å². The van der Waals surface area contributed by atoms with Crippen molar-refractivity contribution >= 4 is 11.9 Å². The fourth-order valence-electron chi connectivity index (χ4n) is 14.8. The van der Waals surface area contributed by atoms with Gasteiger partial charge in [-0.3, -0.25) is 0 Å². The molecule has 20 heteroatoms. The van der Waals surface area contributed by atoms with Crippen molar-refractivity contribution in [3.05, 3.63) is 47.6 Å². The maximum absolute atomic E-state index is 14.2. The summed E-state index contributed by atoms with van der Waals surface area (Å²) in [6, 6.07) is 0. The lowest BCUT2D eigenvalue weighted by atomic mass is 9.78. The summed E-state index contributed by atoms with van der Waals surface area (Å²) in [4.78, 5) is 28.3. The third-order valence-electron chi connectivity index (χ3n) is 21.3. The van der Waals surface area contributed by atoms with Crippen molar-refractivity contribution in [2.24, 2.45) is 41.4 Å². The first-order valence-corrected chi connectivity index (χ1v) is 35.3. The third kappa shape index (κ3) is 26.1. The Bertz CT molecular complexity index is 2280. The molecule has 2 saturated heterocycles. The molecule has 5 rings (SSSR count). The fourth-order valence-corrected chi connectivity index (χ4v) is 14.8. The molecule has 2 fully saturated rings. The van der Waals surface area contributed by atoms with Gasteiger partial charge in [-0.2, -0.15) is 0 Å². The average Bonchev–Trinajstić information content (AvgIpc) is 1.15. The Hall–Kier alpha value is -2.74. The molecule has 0 saturated carbocycles. The summed E-state index contributed by atoms with van der Waals surface area (Å²) in [6.07, 6.45) is 6.84. The Kier molecular flexibility index (Phi) is 35.1. The number of esters is 2. The van der Waals surface area contributed by atoms with Gasteiger partial charge >= 0.3 is 11.9 Å². The quantitative estimate of drug-likeness (QED) is 0.0529. The van der Waals surface area contributed by atoms with E-state index in [1.54, 1.807) is 68.3 Å². The molecule has 538 valence electrons. The summed E-state index contributed by atoms with van der Waals surface area (Å²) in [6.45, 7) is 20.2. The number of methoxy groups -OCH3 is 4. The van der Waals surface area contributed by atoms with E-state index in [-0.39, 0.29) is 117 Å². The molecule has 29 atom stereocenters. The van der Waals surface area contributed by atoms with Gasteiger partial charge < -0.3 is 88.2 Å². The molecule has 4 bridgehead atoms. The van der Waals surface area contributed by atoms with Crippen LogP contribution in [0.15, 0.2) is 47.6 Å². The number of cyclic esters (lactones) is 2. The van der Waals surface area contributed by atoms with Crippen molar-refractivity contribution in [1.82, 2.24) is 0 Å². The summed E-state index contributed by atoms with van der Waals surface area (Å²) in [5.74, 6) is -5.09. The number of hydrogen-bond acceptors (Lipinski definition) is 20. The lowest BCUT2D eigenvalue weighted by Crippen LogP contribution is -2.46. The van der Waals surface area contributed by atoms with Gasteiger partial charge in [-0.25, -0.2) is 9.59 Å². The zero-order chi connectivity index (χ0) is 68.8. The van der Waals surface area contributed by atoms with Crippen LogP contribution in [0, 0.1) is 41.4 Å². The van der Waals surface area contributed by atoms with Crippen molar-refractivity contribution in [2.75, 3.05) is 28.4 Å². The largest absolute Gasteiger partial charge is 0.458 e. The highest BCUT2D eigenvalue weighted by molar-refractivity contribution is 5.88. The first kappa shape index (κ1) is 80.9. The maximum Gasteiger partial charge on any atom is 0.333 e. The topological polar surface area (TPSA) is 288 Å². The van der Waals surface area contributed by atoms with E-state index in [2.05, 4.69) is 0 Å². The molecule has 0 aromatic heterocycles. The number of aliphatic hydroxyl groups excluding tert-OH is 8. The first-order valence-electron chi connectivity index (χ1n) is 35.3. The van der Waals surface area contributed by atoms with Crippen molar-refractivity contribution in [1.29, 1.82) is 0 Å². The maximum atomic E-state index is 14.2. The van der Waals surface area contributed by atoms with Gasteiger partial charge in [0, 0.05) is 94.9 Å². The predicted octanol–water partition coefficient (Wildman–Crippen LogP) is 8.75. The number of ether oxygens (including phenoxy) is 10. The average molecular weight is 1320 g/mol. The molecule has 0 amide bonds. The predicted molar refractivity (Wildman–Crippen MR) is 355 cm³/mol. The van der Waals surface area contributed by atoms with Gasteiger partial charge in [-0.1, -0.05) is 84.9 Å². The van der Waals surface area contributed by atoms with Gasteiger partial charge in [0.2, 0.25) is 0 Å². The minimum Gasteiger partial charge on any atom is -0.458 e. The van der Waals surface area contributed by atoms with Crippen LogP contribution >= 0.6 is 0 Å². The van der Waals surface area contributed by atoms with Crippen LogP contribution in [-0.2, 0) is 57.0 Å². The van der Waals surface area contributed by atoms with Crippen LogP contribution in [0.3, 0.4) is 0 Å². The van der Waals surface area contributed by atoms with Gasteiger partial charge in [-0.05, 0) is 136 Å². The van der Waals surface area contributed by atoms with Crippen LogP contribution in [0.1, 0.15) is 198 Å². The number of carbonyl (C=O) groups excluding carboxylic acids is 2. The van der Waals surface area contributed by atoms with Gasteiger partial charge in [-0.15, -0.1) is 0 Å². The number of fused-ring (bicyclic) bond motifs is 4. The van der Waals surface area contributed by atoms with Crippen molar-refractivity contribution < 1.29 is 97.8 Å². The first-order chi connectivity index (χ1) is 44.0. The summed E-state index contributed by atoms with van der Waals surface area (Å²) in [7, 11) is 6.55. The van der Waals surface area contributed by atoms with Crippen LogP contribution in [0.4, 0.5) is 0 Å². The molecule has 0 aliphatic carbocycles. The molecule has 0 aromatic rings. The van der Waals surface area contributed by atoms with E-state index in [0.717, 1.165) is 25.7 Å². The third-order valence-corrected chi connectivity index (χ3v) is 21.3. The SMILES string of the molecule is CO[C@@H]1C[C@@H](O)C[C@@H](O)[C@H](C)[C@@H]([C@@H](C)[C@@H](O)[C@@H](C)CC[C@H]2C[C@H](OC)C[C@H](C)O2)OC(=O)/C(C)=C/C[C@H](O)C[C@@H]2C=CC[C@@H](C[C@H](OC)[C@@H](C)[C@@H](O)C[C@@H](O)[C@H](C)[C@@H]([C@@H](C)[C@@H](O)[C@@H](C)CC[C@H]3C[C@H](OC)C[C@H](C)O3)OC(=O)/C(C)=C/C[C@H](O)C[C@@H]3C=CC[C@@H](C1)O3)O2. The Morgan fingerprint density at radius 2 is 0.860 bits per heavy atom. The Morgan fingerprint density at radius 1 is 0.462 bits per heavy atom. The monoisotopic (exact) mass is 1320 g/mol. The highest BCUT2D eigenvalue weighted by atomic mass is 16.6. The Labute approximate surface area is 557 Å². The van der Waals surface area contributed by atoms with Crippen molar-refractivity contribution in [3.8, 4) is 0 Å². The minimum atomic E-state index is -1.18. The lowest BCUT2D eigenvalue weighted by molar-refractivity contribution is -0.159. The molecular weight excluding hydrogens is 1200 g/mol. The number of aliphatic hydroxyl groups is 8. The van der Waals surface area contributed by atoms with E-state index in [1.807, 2.05) is 72.8 Å². The van der Waals surface area contributed by atoms with Gasteiger partial charge in [0.15, 0.2) is 0 Å². The number of carbonyl (C=O) groups is 2. The molecule has 0 radical (unpaired) electrons. The summed E-state index contributed by atoms with van der Waals surface area (Å²) < 4.78 is 61.3. The zero-order valence-electron chi connectivity index (χ0n) is 59.1. The molecule has 20 nitrogen and oxygen atoms in total. The zero-order valence-corrected chi connectivity index (χ0v) is 59.1. The van der Waals surface area contributed by atoms with Crippen molar-refractivity contribution in [3.63, 3.8) is 0 Å². The van der Waals surface area contributed by atoms with Crippen LogP contribution in [0.5, 0.6) is 0 Å². The summed E-state index contributed by atoms with van der Waals surface area (Å²) >= 11 is 0. The van der Waals surface area contributed by atoms with E-state index in [9.17, 15) is 50.4 Å². The molecule has 8 N–H and O–H groups in total. The fraction of sp³-hybridized carbons (Fsp3) is 0.863. The van der Waals surface area contributed by atoms with Gasteiger partial charge in [0.05, 0.1) is 122 Å². The van der Waals surface area contributed by atoms with E-state index in [0.29, 0.717) is 51.4 Å². The Morgan fingerprint density at radius 3 is 1.28 bits per heavy atom. The normalized spacial score (nSPS) is 41.0. The minimum absolute atomic E-state index is 0.0333. The number of hydrogen-bond donors (Lipinski definition) is 8. The molecule has 5 aliphatic rings. The Balaban J connectivity index is 1.36. The standard InChI is InChI=1S/C73H126O20/c1-41(24-28-59-37-61(84-12)30-45(5)88-59)68(80)50(10)70-48(8)64(77)35-54(76)34-63(86-14)36-57-20-16-18-55(90-57)32-52(74)26-22-44(4)73(83)93-71(51(11)69(81)42(2)25-29-60-38-62(85-13)31-46(6)89-60)49(9)66(79)40-65(78)47(7)67(87-15)39-58-21-17-19-56(91-58)33-53(75)27-23-43(3)72(82)92-70/h16-19,22-23,41-42,45-71,74-81H,20-21,24-40H2,1-15H3/b43-23+,44-22+/t41-,42-,45-,46-,47-,48-,49-,50-,51-,52-,53-,54+,55-,56-,57-,58-,59-,60-,61+,62+,63+,64+,65-,66+,67-,68-,69-,70-,71-/m0/s1. The summed E-state index contributed by atoms with van der Waals surface area (Å²) in [5.41, 5.74) is 0.472. The van der Waals surface area contributed by atoms with E-state index in [4.69, 9.17) is 47.4 Å². The smallest absolute Gasteiger partial charge is 0.333 e. The molecule has 0 unspecified atom stereocenters. The highest BCUT2D eigenvalue weighted by Gasteiger charge is 2.42. The summed E-state index contributed by atoms with van der Waals surface area (Å²) in [5, 5.41) is 94.3. The molecular formula is C73H126O20. The lowest BCUT2D eigenvalue weighted by Gasteiger charge is -2.38. The van der Waals surface area contributed by atoms with Gasteiger partial charge in [0.1, 0.15) is 12.2 Å². The molecule has 5 aliphatic heterocycles. The molecule has 0 aromatic carbocycles. The van der Waals surface area contributed by atoms with E-state index >= 15 is 0 Å². The number of rotatable bonds is 16. The van der Waals surface area contributed by atoms with E-state index < -0.39 is 127 Å². The van der Waals surface area contributed by atoms with Crippen LogP contribution in [-0.4, -0.2) is 216 Å². The second-order valence-electron chi connectivity index (χ2n) is 29.0. The molecule has 5 heterocycles. The second kappa shape index (κ2) is 40.4. The highest BCUT2D eigenvalue weighted by Crippen LogP contribution is 2.36. The molecule has 0 spiro atoms.